The van der Waals surface area contributed by atoms with Gasteiger partial charge in [0.2, 0.25) is 0 Å². The molecule has 1 rings (SSSR count). The molecular formula is C9H20N2O4S. The molecule has 6 nitrogen and oxygen atoms in total. The molecule has 2 unspecified atom stereocenters. The number of aliphatic hydroxyl groups is 1. The molecule has 96 valence electrons. The SMILES string of the molecule is CCCNS(=O)(=O)N1CC(CO)OCC1C. The molecule has 0 radical (unpaired) electrons. The van der Waals surface area contributed by atoms with Crippen molar-refractivity contribution in [3.05, 3.63) is 0 Å². The van der Waals surface area contributed by atoms with Gasteiger partial charge >= 0.3 is 0 Å². The summed E-state index contributed by atoms with van der Waals surface area (Å²) in [6.45, 7) is 4.48. The second-order valence-electron chi connectivity index (χ2n) is 3.96. The Hall–Kier alpha value is -0.210. The Morgan fingerprint density at radius 3 is 2.81 bits per heavy atom. The van der Waals surface area contributed by atoms with Crippen LogP contribution in [0.5, 0.6) is 0 Å². The van der Waals surface area contributed by atoms with Crippen LogP contribution in [0.15, 0.2) is 0 Å². The van der Waals surface area contributed by atoms with Crippen molar-refractivity contribution in [2.24, 2.45) is 0 Å². The molecule has 7 heteroatoms. The van der Waals surface area contributed by atoms with E-state index in [1.165, 1.54) is 4.31 Å². The second kappa shape index (κ2) is 5.92. The maximum absolute atomic E-state index is 11.9. The highest BCUT2D eigenvalue weighted by Gasteiger charge is 2.33. The van der Waals surface area contributed by atoms with Crippen LogP contribution < -0.4 is 4.72 Å². The first-order chi connectivity index (χ1) is 7.51. The third-order valence-corrected chi connectivity index (χ3v) is 4.19. The third kappa shape index (κ3) is 3.39. The summed E-state index contributed by atoms with van der Waals surface area (Å²) in [6, 6.07) is -0.197. The number of ether oxygens (including phenoxy) is 1. The van der Waals surface area contributed by atoms with E-state index < -0.39 is 16.3 Å². The zero-order valence-corrected chi connectivity index (χ0v) is 10.5. The van der Waals surface area contributed by atoms with Crippen molar-refractivity contribution in [3.8, 4) is 0 Å². The van der Waals surface area contributed by atoms with Gasteiger partial charge in [0.1, 0.15) is 0 Å². The lowest BCUT2D eigenvalue weighted by molar-refractivity contribution is -0.0519. The van der Waals surface area contributed by atoms with E-state index in [1.807, 2.05) is 6.92 Å². The molecule has 0 spiro atoms. The monoisotopic (exact) mass is 252 g/mol. The number of hydrogen-bond acceptors (Lipinski definition) is 4. The summed E-state index contributed by atoms with van der Waals surface area (Å²) in [7, 11) is -3.45. The molecule has 0 saturated carbocycles. The van der Waals surface area contributed by atoms with Crippen LogP contribution in [0.4, 0.5) is 0 Å². The summed E-state index contributed by atoms with van der Waals surface area (Å²) in [6.07, 6.45) is 0.330. The summed E-state index contributed by atoms with van der Waals surface area (Å²) in [5.74, 6) is 0. The Labute approximate surface area is 96.8 Å². The first kappa shape index (κ1) is 13.9. The predicted octanol–water partition coefficient (Wildman–Crippen LogP) is -0.688. The van der Waals surface area contributed by atoms with Crippen molar-refractivity contribution in [2.45, 2.75) is 32.4 Å². The molecule has 0 aromatic carbocycles. The fourth-order valence-corrected chi connectivity index (χ4v) is 3.08. The van der Waals surface area contributed by atoms with Crippen molar-refractivity contribution in [1.82, 2.24) is 9.03 Å². The molecule has 0 aromatic heterocycles. The first-order valence-electron chi connectivity index (χ1n) is 5.50. The summed E-state index contributed by atoms with van der Waals surface area (Å²) < 4.78 is 32.9. The van der Waals surface area contributed by atoms with Gasteiger partial charge in [-0.2, -0.15) is 12.7 Å². The zero-order valence-electron chi connectivity index (χ0n) is 9.72. The lowest BCUT2D eigenvalue weighted by atomic mass is 10.2. The largest absolute Gasteiger partial charge is 0.394 e. The van der Waals surface area contributed by atoms with E-state index in [9.17, 15) is 8.42 Å². The number of aliphatic hydroxyl groups excluding tert-OH is 1. The minimum absolute atomic E-state index is 0.160. The van der Waals surface area contributed by atoms with Crippen LogP contribution in [0.1, 0.15) is 20.3 Å². The summed E-state index contributed by atoms with van der Waals surface area (Å²) in [4.78, 5) is 0. The highest BCUT2D eigenvalue weighted by molar-refractivity contribution is 7.87. The van der Waals surface area contributed by atoms with E-state index in [0.717, 1.165) is 6.42 Å². The Morgan fingerprint density at radius 2 is 2.25 bits per heavy atom. The maximum atomic E-state index is 11.9. The van der Waals surface area contributed by atoms with E-state index in [0.29, 0.717) is 13.2 Å². The number of rotatable bonds is 5. The molecule has 0 aliphatic carbocycles. The predicted molar refractivity (Wildman–Crippen MR) is 60.2 cm³/mol. The van der Waals surface area contributed by atoms with Crippen LogP contribution >= 0.6 is 0 Å². The maximum Gasteiger partial charge on any atom is 0.279 e. The van der Waals surface area contributed by atoms with Crippen LogP contribution in [0.3, 0.4) is 0 Å². The molecule has 1 saturated heterocycles. The molecular weight excluding hydrogens is 232 g/mol. The van der Waals surface area contributed by atoms with Crippen LogP contribution in [0, 0.1) is 0 Å². The highest BCUT2D eigenvalue weighted by Crippen LogP contribution is 2.14. The number of nitrogens with one attached hydrogen (secondary N) is 1. The number of nitrogens with zero attached hydrogens (tertiary/aromatic N) is 1. The minimum atomic E-state index is -3.45. The van der Waals surface area contributed by atoms with Gasteiger partial charge in [-0.15, -0.1) is 0 Å². The molecule has 1 heterocycles. The molecule has 2 atom stereocenters. The van der Waals surface area contributed by atoms with Gasteiger partial charge in [-0.1, -0.05) is 6.92 Å². The fraction of sp³-hybridized carbons (Fsp3) is 1.00. The zero-order chi connectivity index (χ0) is 12.2. The van der Waals surface area contributed by atoms with Crippen molar-refractivity contribution in [2.75, 3.05) is 26.3 Å². The summed E-state index contributed by atoms with van der Waals surface area (Å²) >= 11 is 0. The Balaban J connectivity index is 2.68. The van der Waals surface area contributed by atoms with E-state index >= 15 is 0 Å². The van der Waals surface area contributed by atoms with Crippen LogP contribution in [0.25, 0.3) is 0 Å². The van der Waals surface area contributed by atoms with E-state index in [1.54, 1.807) is 6.92 Å². The lowest BCUT2D eigenvalue weighted by Gasteiger charge is -2.36. The molecule has 1 fully saturated rings. The molecule has 0 amide bonds. The van der Waals surface area contributed by atoms with Gasteiger partial charge in [0.25, 0.3) is 10.2 Å². The van der Waals surface area contributed by atoms with Crippen LogP contribution in [0.2, 0.25) is 0 Å². The average molecular weight is 252 g/mol. The van der Waals surface area contributed by atoms with Gasteiger partial charge in [0, 0.05) is 19.1 Å². The lowest BCUT2D eigenvalue weighted by Crippen LogP contribution is -2.55. The minimum Gasteiger partial charge on any atom is -0.394 e. The topological polar surface area (TPSA) is 78.9 Å². The van der Waals surface area contributed by atoms with Gasteiger partial charge in [0.05, 0.1) is 19.3 Å². The highest BCUT2D eigenvalue weighted by atomic mass is 32.2. The smallest absolute Gasteiger partial charge is 0.279 e. The fourth-order valence-electron chi connectivity index (χ4n) is 1.55. The van der Waals surface area contributed by atoms with Crippen molar-refractivity contribution in [3.63, 3.8) is 0 Å². The number of morpholine rings is 1. The average Bonchev–Trinajstić information content (AvgIpc) is 2.27. The second-order valence-corrected chi connectivity index (χ2v) is 5.66. The molecule has 0 bridgehead atoms. The first-order valence-corrected chi connectivity index (χ1v) is 6.94. The van der Waals surface area contributed by atoms with Crippen molar-refractivity contribution in [1.29, 1.82) is 0 Å². The van der Waals surface area contributed by atoms with E-state index in [2.05, 4.69) is 4.72 Å². The van der Waals surface area contributed by atoms with Crippen LogP contribution in [-0.2, 0) is 14.9 Å². The quantitative estimate of drug-likeness (QED) is 0.679. The molecule has 1 aliphatic rings. The molecule has 16 heavy (non-hydrogen) atoms. The van der Waals surface area contributed by atoms with Gasteiger partial charge in [-0.25, -0.2) is 4.72 Å². The van der Waals surface area contributed by atoms with Gasteiger partial charge in [-0.3, -0.25) is 0 Å². The Bertz CT molecular complexity index is 307. The third-order valence-electron chi connectivity index (χ3n) is 2.50. The Morgan fingerprint density at radius 1 is 1.56 bits per heavy atom. The normalized spacial score (nSPS) is 28.2. The van der Waals surface area contributed by atoms with E-state index in [4.69, 9.17) is 9.84 Å². The van der Waals surface area contributed by atoms with Crippen LogP contribution in [-0.4, -0.2) is 56.3 Å². The molecule has 2 N–H and O–H groups in total. The van der Waals surface area contributed by atoms with Gasteiger partial charge < -0.3 is 9.84 Å². The standard InChI is InChI=1S/C9H20N2O4S/c1-3-4-10-16(13,14)11-5-9(6-12)15-7-8(11)2/h8-10,12H,3-7H2,1-2H3. The van der Waals surface area contributed by atoms with E-state index in [-0.39, 0.29) is 19.2 Å². The van der Waals surface area contributed by atoms with Crippen molar-refractivity contribution < 1.29 is 18.3 Å². The Kier molecular flexibility index (Phi) is 5.13. The summed E-state index contributed by atoms with van der Waals surface area (Å²) in [5.41, 5.74) is 0. The van der Waals surface area contributed by atoms with Gasteiger partial charge in [0.15, 0.2) is 0 Å². The summed E-state index contributed by atoms with van der Waals surface area (Å²) in [5, 5.41) is 8.97. The van der Waals surface area contributed by atoms with Gasteiger partial charge in [-0.05, 0) is 13.3 Å². The van der Waals surface area contributed by atoms with Crippen molar-refractivity contribution >= 4 is 10.2 Å². The molecule has 1 aliphatic heterocycles. The number of hydrogen-bond donors (Lipinski definition) is 2. The molecule has 0 aromatic rings.